The maximum Gasteiger partial charge on any atom is 0.252 e. The number of amides is 2. The smallest absolute Gasteiger partial charge is 0.252 e. The molecule has 8 nitrogen and oxygen atoms in total. The molecule has 0 unspecified atom stereocenters. The SMILES string of the molecule is Cn1ccc2ccc(CNc3cc(Cc4ccc(N5CCCCC5=O)cn4)ncc3C(N)=O)cc21. The molecule has 4 heterocycles. The van der Waals surface area contributed by atoms with Crippen molar-refractivity contribution in [1.82, 2.24) is 14.5 Å². The number of piperidine rings is 1. The molecule has 1 aliphatic rings. The maximum atomic E-state index is 12.2. The van der Waals surface area contributed by atoms with Gasteiger partial charge in [-0.05, 0) is 54.1 Å². The minimum Gasteiger partial charge on any atom is -0.380 e. The zero-order valence-corrected chi connectivity index (χ0v) is 19.7. The molecule has 3 aromatic heterocycles. The first-order chi connectivity index (χ1) is 17.0. The molecule has 8 heteroatoms. The highest BCUT2D eigenvalue weighted by atomic mass is 16.2. The van der Waals surface area contributed by atoms with Crippen molar-refractivity contribution in [2.45, 2.75) is 32.2 Å². The Bertz CT molecular complexity index is 1390. The third kappa shape index (κ3) is 4.87. The third-order valence-corrected chi connectivity index (χ3v) is 6.47. The number of aryl methyl sites for hydroxylation is 1. The molecule has 1 aromatic carbocycles. The first-order valence-corrected chi connectivity index (χ1v) is 11.8. The molecule has 1 saturated heterocycles. The molecular weight excluding hydrogens is 440 g/mol. The molecule has 0 radical (unpaired) electrons. The van der Waals surface area contributed by atoms with Crippen molar-refractivity contribution < 1.29 is 9.59 Å². The highest BCUT2D eigenvalue weighted by Gasteiger charge is 2.20. The fraction of sp³-hybridized carbons (Fsp3) is 0.259. The van der Waals surface area contributed by atoms with E-state index >= 15 is 0 Å². The summed E-state index contributed by atoms with van der Waals surface area (Å²) < 4.78 is 2.08. The summed E-state index contributed by atoms with van der Waals surface area (Å²) in [6.45, 7) is 1.28. The van der Waals surface area contributed by atoms with Crippen LogP contribution in [0.15, 0.2) is 61.1 Å². The van der Waals surface area contributed by atoms with Crippen molar-refractivity contribution in [1.29, 1.82) is 0 Å². The maximum absolute atomic E-state index is 12.2. The largest absolute Gasteiger partial charge is 0.380 e. The molecule has 178 valence electrons. The van der Waals surface area contributed by atoms with Crippen LogP contribution in [0.1, 0.15) is 46.6 Å². The van der Waals surface area contributed by atoms with Gasteiger partial charge in [-0.2, -0.15) is 0 Å². The summed E-state index contributed by atoms with van der Waals surface area (Å²) in [4.78, 5) is 34.9. The minimum atomic E-state index is -0.530. The van der Waals surface area contributed by atoms with E-state index in [1.807, 2.05) is 31.4 Å². The number of rotatable bonds is 7. The van der Waals surface area contributed by atoms with Crippen LogP contribution in [0.5, 0.6) is 0 Å². The summed E-state index contributed by atoms with van der Waals surface area (Å²) in [7, 11) is 2.02. The molecule has 0 atom stereocenters. The van der Waals surface area contributed by atoms with E-state index < -0.39 is 5.91 Å². The van der Waals surface area contributed by atoms with E-state index in [0.717, 1.165) is 47.5 Å². The lowest BCUT2D eigenvalue weighted by atomic mass is 10.1. The van der Waals surface area contributed by atoms with Crippen LogP contribution in [-0.4, -0.2) is 32.9 Å². The van der Waals surface area contributed by atoms with Crippen molar-refractivity contribution in [2.75, 3.05) is 16.8 Å². The van der Waals surface area contributed by atoms with Gasteiger partial charge < -0.3 is 20.5 Å². The van der Waals surface area contributed by atoms with Crippen molar-refractivity contribution in [3.8, 4) is 0 Å². The van der Waals surface area contributed by atoms with E-state index in [1.165, 1.54) is 11.6 Å². The van der Waals surface area contributed by atoms with Crippen molar-refractivity contribution in [3.05, 3.63) is 83.6 Å². The first-order valence-electron chi connectivity index (χ1n) is 11.8. The second kappa shape index (κ2) is 9.58. The lowest BCUT2D eigenvalue weighted by Gasteiger charge is -2.26. The van der Waals surface area contributed by atoms with Gasteiger partial charge in [0.05, 0.1) is 23.1 Å². The second-order valence-electron chi connectivity index (χ2n) is 8.95. The van der Waals surface area contributed by atoms with Gasteiger partial charge in [-0.3, -0.25) is 19.6 Å². The third-order valence-electron chi connectivity index (χ3n) is 6.47. The Hall–Kier alpha value is -4.20. The number of benzene rings is 1. The number of nitrogens with one attached hydrogen (secondary N) is 1. The molecule has 2 amide bonds. The minimum absolute atomic E-state index is 0.150. The highest BCUT2D eigenvalue weighted by molar-refractivity contribution is 5.98. The Kier molecular flexibility index (Phi) is 6.18. The number of nitrogens with two attached hydrogens (primary N) is 1. The predicted octanol–water partition coefficient (Wildman–Crippen LogP) is 3.79. The average molecular weight is 469 g/mol. The molecule has 1 fully saturated rings. The van der Waals surface area contributed by atoms with E-state index in [9.17, 15) is 9.59 Å². The number of hydrogen-bond donors (Lipinski definition) is 2. The molecule has 35 heavy (non-hydrogen) atoms. The number of aromatic nitrogens is 3. The number of carbonyl (C=O) groups excluding carboxylic acids is 2. The average Bonchev–Trinajstić information content (AvgIpc) is 3.23. The van der Waals surface area contributed by atoms with Crippen molar-refractivity contribution in [3.63, 3.8) is 0 Å². The van der Waals surface area contributed by atoms with E-state index in [-0.39, 0.29) is 5.91 Å². The Morgan fingerprint density at radius 2 is 1.91 bits per heavy atom. The van der Waals surface area contributed by atoms with E-state index in [0.29, 0.717) is 30.6 Å². The van der Waals surface area contributed by atoms with E-state index in [2.05, 4.69) is 44.1 Å². The van der Waals surface area contributed by atoms with Crippen LogP contribution in [-0.2, 0) is 24.8 Å². The van der Waals surface area contributed by atoms with Crippen LogP contribution in [0.4, 0.5) is 11.4 Å². The van der Waals surface area contributed by atoms with Crippen LogP contribution in [0.25, 0.3) is 10.9 Å². The van der Waals surface area contributed by atoms with Crippen LogP contribution in [0.2, 0.25) is 0 Å². The molecular formula is C27H28N6O2. The Morgan fingerprint density at radius 3 is 2.69 bits per heavy atom. The zero-order chi connectivity index (χ0) is 24.4. The number of anilines is 2. The molecule has 5 rings (SSSR count). The molecule has 0 spiro atoms. The number of hydrogen-bond acceptors (Lipinski definition) is 5. The Labute approximate surface area is 203 Å². The van der Waals surface area contributed by atoms with E-state index in [4.69, 9.17) is 5.73 Å². The monoisotopic (exact) mass is 468 g/mol. The fourth-order valence-electron chi connectivity index (χ4n) is 4.50. The summed E-state index contributed by atoms with van der Waals surface area (Å²) in [6.07, 6.45) is 8.34. The lowest BCUT2D eigenvalue weighted by molar-refractivity contribution is -0.119. The van der Waals surface area contributed by atoms with Crippen LogP contribution in [0, 0.1) is 0 Å². The molecule has 0 bridgehead atoms. The zero-order valence-electron chi connectivity index (χ0n) is 19.7. The van der Waals surface area contributed by atoms with Crippen molar-refractivity contribution >= 4 is 34.1 Å². The molecule has 1 aliphatic heterocycles. The van der Waals surface area contributed by atoms with Gasteiger partial charge in [0.2, 0.25) is 5.91 Å². The quantitative estimate of drug-likeness (QED) is 0.429. The normalized spacial score (nSPS) is 13.9. The fourth-order valence-corrected chi connectivity index (χ4v) is 4.50. The number of primary amides is 1. The molecule has 0 aliphatic carbocycles. The lowest BCUT2D eigenvalue weighted by Crippen LogP contribution is -2.35. The Morgan fingerprint density at radius 1 is 1.06 bits per heavy atom. The molecule has 4 aromatic rings. The van der Waals surface area contributed by atoms with Gasteiger partial charge >= 0.3 is 0 Å². The predicted molar refractivity (Wildman–Crippen MR) is 136 cm³/mol. The summed E-state index contributed by atoms with van der Waals surface area (Å²) >= 11 is 0. The van der Waals surface area contributed by atoms with Crippen molar-refractivity contribution in [2.24, 2.45) is 12.8 Å². The number of nitrogens with zero attached hydrogens (tertiary/aromatic N) is 4. The number of pyridine rings is 2. The van der Waals surface area contributed by atoms with Gasteiger partial charge in [0.15, 0.2) is 0 Å². The summed E-state index contributed by atoms with van der Waals surface area (Å²) in [5.74, 6) is -0.380. The van der Waals surface area contributed by atoms with Crippen LogP contribution in [0.3, 0.4) is 0 Å². The molecule has 0 saturated carbocycles. The topological polar surface area (TPSA) is 106 Å². The molecule has 3 N–H and O–H groups in total. The second-order valence-corrected chi connectivity index (χ2v) is 8.95. The summed E-state index contributed by atoms with van der Waals surface area (Å²) in [5, 5.41) is 4.54. The van der Waals surface area contributed by atoms with Gasteiger partial charge in [0.25, 0.3) is 5.91 Å². The number of carbonyl (C=O) groups is 2. The summed E-state index contributed by atoms with van der Waals surface area (Å²) in [5.41, 5.74) is 11.3. The van der Waals surface area contributed by atoms with Gasteiger partial charge in [-0.1, -0.05) is 12.1 Å². The van der Waals surface area contributed by atoms with Gasteiger partial charge in [0, 0.05) is 62.3 Å². The first kappa shape index (κ1) is 22.6. The number of fused-ring (bicyclic) bond motifs is 1. The van der Waals surface area contributed by atoms with Crippen LogP contribution < -0.4 is 16.0 Å². The Balaban J connectivity index is 1.32. The van der Waals surface area contributed by atoms with Gasteiger partial charge in [-0.25, -0.2) is 0 Å². The summed E-state index contributed by atoms with van der Waals surface area (Å²) in [6, 6.07) is 14.1. The van der Waals surface area contributed by atoms with E-state index in [1.54, 1.807) is 11.1 Å². The van der Waals surface area contributed by atoms with Gasteiger partial charge in [0.1, 0.15) is 0 Å². The van der Waals surface area contributed by atoms with Gasteiger partial charge in [-0.15, -0.1) is 0 Å². The standard InChI is InChI=1S/C27H28N6O2/c1-32-11-9-19-6-5-18(12-25(19)32)15-31-24-14-21(30-17-23(24)27(28)35)13-20-7-8-22(16-29-20)33-10-3-2-4-26(33)34/h5-9,11-12,14,16-17H,2-4,10,13,15H2,1H3,(H2,28,35)(H,30,31). The highest BCUT2D eigenvalue weighted by Crippen LogP contribution is 2.23. The van der Waals surface area contributed by atoms with Crippen LogP contribution >= 0.6 is 0 Å².